The molecule has 84 valence electrons. The summed E-state index contributed by atoms with van der Waals surface area (Å²) in [6, 6.07) is 6.50. The zero-order valence-corrected chi connectivity index (χ0v) is 11.1. The van der Waals surface area contributed by atoms with E-state index in [-0.39, 0.29) is 0 Å². The van der Waals surface area contributed by atoms with Crippen molar-refractivity contribution < 1.29 is 13.5 Å². The van der Waals surface area contributed by atoms with Gasteiger partial charge in [-0.3, -0.25) is 0 Å². The Bertz CT molecular complexity index is 429. The summed E-state index contributed by atoms with van der Waals surface area (Å²) in [5.41, 5.74) is 6.62. The fourth-order valence-corrected chi connectivity index (χ4v) is 2.12. The summed E-state index contributed by atoms with van der Waals surface area (Å²) < 4.78 is 21.6. The number of hydrogen-bond acceptors (Lipinski definition) is 4. The van der Waals surface area contributed by atoms with Gasteiger partial charge < -0.3 is 10.8 Å². The molecule has 0 fully saturated rings. The molecule has 1 aromatic carbocycles. The van der Waals surface area contributed by atoms with E-state index in [4.69, 9.17) is 5.73 Å². The molecule has 3 N–H and O–H groups in total. The van der Waals surface area contributed by atoms with Gasteiger partial charge >= 0.3 is 0 Å². The maximum Gasteiger partial charge on any atom is 0.162 e. The van der Waals surface area contributed by atoms with Crippen LogP contribution in [0.1, 0.15) is 11.7 Å². The van der Waals surface area contributed by atoms with Gasteiger partial charge in [-0.15, -0.1) is 0 Å². The van der Waals surface area contributed by atoms with E-state index in [2.05, 4.69) is 0 Å². The molecule has 0 spiro atoms. The molecule has 0 aliphatic carbocycles. The van der Waals surface area contributed by atoms with E-state index in [0.29, 0.717) is 11.3 Å². The highest BCUT2D eigenvalue weighted by Gasteiger charge is 2.26. The zero-order valence-electron chi connectivity index (χ0n) is 8.09. The number of nitrogen functional groups attached to an aromatic ring is 1. The highest BCUT2D eigenvalue weighted by molar-refractivity contribution is 14.1. The minimum Gasteiger partial charge on any atom is -0.399 e. The van der Waals surface area contributed by atoms with Gasteiger partial charge in [0.05, 0.1) is 0 Å². The summed E-state index contributed by atoms with van der Waals surface area (Å²) in [4.78, 5) is 0. The lowest BCUT2D eigenvalue weighted by molar-refractivity contribution is 0.197. The van der Waals surface area contributed by atoms with Gasteiger partial charge in [0, 0.05) is 11.9 Å². The average molecular weight is 341 g/mol. The number of alkyl halides is 1. The first-order valence-corrected chi connectivity index (χ1v) is 7.39. The Labute approximate surface area is 103 Å². The SMILES string of the molecule is CS(=O)(=O)[C@H](I)[C@@H](O)c1ccc(N)cc1. The molecule has 4 nitrogen and oxygen atoms in total. The van der Waals surface area contributed by atoms with Crippen molar-refractivity contribution in [1.82, 2.24) is 0 Å². The van der Waals surface area contributed by atoms with Crippen LogP contribution < -0.4 is 5.73 Å². The lowest BCUT2D eigenvalue weighted by Crippen LogP contribution is -2.21. The molecule has 0 aromatic heterocycles. The molecule has 2 atom stereocenters. The van der Waals surface area contributed by atoms with Crippen molar-refractivity contribution in [3.63, 3.8) is 0 Å². The molecule has 15 heavy (non-hydrogen) atoms. The summed E-state index contributed by atoms with van der Waals surface area (Å²) in [7, 11) is -3.25. The molecule has 0 aliphatic rings. The molecular formula is C9H12INO3S. The first-order chi connectivity index (χ1) is 6.82. The molecule has 0 heterocycles. The van der Waals surface area contributed by atoms with Crippen LogP contribution in [0.4, 0.5) is 5.69 Å². The number of nitrogens with two attached hydrogens (primary N) is 1. The smallest absolute Gasteiger partial charge is 0.162 e. The van der Waals surface area contributed by atoms with Crippen molar-refractivity contribution in [2.45, 2.75) is 9.36 Å². The van der Waals surface area contributed by atoms with Crippen molar-refractivity contribution in [3.05, 3.63) is 29.8 Å². The third-order valence-electron chi connectivity index (χ3n) is 1.94. The van der Waals surface area contributed by atoms with E-state index in [1.165, 1.54) is 0 Å². The van der Waals surface area contributed by atoms with Crippen molar-refractivity contribution in [2.24, 2.45) is 0 Å². The zero-order chi connectivity index (χ0) is 11.6. The Morgan fingerprint density at radius 1 is 1.33 bits per heavy atom. The molecule has 6 heteroatoms. The highest BCUT2D eigenvalue weighted by atomic mass is 127. The van der Waals surface area contributed by atoms with Crippen molar-refractivity contribution in [3.8, 4) is 0 Å². The minimum atomic E-state index is -3.25. The van der Waals surface area contributed by atoms with E-state index in [9.17, 15) is 13.5 Å². The normalized spacial score (nSPS) is 15.9. The van der Waals surface area contributed by atoms with Gasteiger partial charge in [0.1, 0.15) is 9.36 Å². The number of benzene rings is 1. The van der Waals surface area contributed by atoms with Gasteiger partial charge in [-0.05, 0) is 17.7 Å². The van der Waals surface area contributed by atoms with Gasteiger partial charge in [-0.1, -0.05) is 34.7 Å². The number of aliphatic hydroxyl groups is 1. The van der Waals surface area contributed by atoms with E-state index in [1.807, 2.05) is 0 Å². The van der Waals surface area contributed by atoms with Gasteiger partial charge in [0.15, 0.2) is 9.84 Å². The topological polar surface area (TPSA) is 80.4 Å². The van der Waals surface area contributed by atoms with Crippen LogP contribution in [0.2, 0.25) is 0 Å². The van der Waals surface area contributed by atoms with Gasteiger partial charge in [-0.25, -0.2) is 8.42 Å². The molecule has 1 rings (SSSR count). The highest BCUT2D eigenvalue weighted by Crippen LogP contribution is 2.27. The molecule has 0 saturated carbocycles. The van der Waals surface area contributed by atoms with Crippen molar-refractivity contribution in [2.75, 3.05) is 12.0 Å². The molecule has 1 aromatic rings. The summed E-state index contributed by atoms with van der Waals surface area (Å²) in [5, 5.41) is 9.79. The second-order valence-corrected chi connectivity index (χ2v) is 7.65. The van der Waals surface area contributed by atoms with Gasteiger partial charge in [-0.2, -0.15) is 0 Å². The van der Waals surface area contributed by atoms with E-state index in [0.717, 1.165) is 6.26 Å². The summed E-state index contributed by atoms with van der Waals surface area (Å²) in [6.45, 7) is 0. The van der Waals surface area contributed by atoms with Crippen molar-refractivity contribution >= 4 is 38.1 Å². The van der Waals surface area contributed by atoms with E-state index < -0.39 is 19.2 Å². The fourth-order valence-electron chi connectivity index (χ4n) is 1.08. The Hall–Kier alpha value is -0.340. The number of anilines is 1. The summed E-state index contributed by atoms with van der Waals surface area (Å²) in [6.07, 6.45) is 0.0751. The fraction of sp³-hybridized carbons (Fsp3) is 0.333. The van der Waals surface area contributed by atoms with Gasteiger partial charge in [0.2, 0.25) is 0 Å². The maximum atomic E-state index is 11.2. The standard InChI is InChI=1S/C9H12INO3S/c1-15(13,14)9(10)8(12)6-2-4-7(11)5-3-6/h2-5,8-9,12H,11H2,1H3/t8-,9-/m0/s1. The van der Waals surface area contributed by atoms with Crippen LogP contribution in [0.25, 0.3) is 0 Å². The largest absolute Gasteiger partial charge is 0.399 e. The number of halogens is 1. The molecule has 0 bridgehead atoms. The van der Waals surface area contributed by atoms with Gasteiger partial charge in [0.25, 0.3) is 0 Å². The third kappa shape index (κ3) is 3.32. The second kappa shape index (κ2) is 4.67. The third-order valence-corrected chi connectivity index (χ3v) is 6.46. The first-order valence-electron chi connectivity index (χ1n) is 4.19. The predicted octanol–water partition coefficient (Wildman–Crippen LogP) is 1.11. The molecule has 0 radical (unpaired) electrons. The summed E-state index contributed by atoms with van der Waals surface area (Å²) in [5.74, 6) is 0. The Balaban J connectivity index is 2.95. The lowest BCUT2D eigenvalue weighted by atomic mass is 10.1. The maximum absolute atomic E-state index is 11.2. The number of aliphatic hydroxyl groups excluding tert-OH is 1. The lowest BCUT2D eigenvalue weighted by Gasteiger charge is -2.16. The average Bonchev–Trinajstić information content (AvgIpc) is 2.15. The van der Waals surface area contributed by atoms with Crippen LogP contribution >= 0.6 is 22.6 Å². The first kappa shape index (κ1) is 12.7. The number of hydrogen-bond donors (Lipinski definition) is 2. The monoisotopic (exact) mass is 341 g/mol. The van der Waals surface area contributed by atoms with E-state index in [1.54, 1.807) is 46.9 Å². The van der Waals surface area contributed by atoms with Crippen LogP contribution in [0.15, 0.2) is 24.3 Å². The molecule has 0 saturated heterocycles. The van der Waals surface area contributed by atoms with Crippen LogP contribution in [-0.4, -0.2) is 23.0 Å². The number of sulfone groups is 1. The van der Waals surface area contributed by atoms with E-state index >= 15 is 0 Å². The quantitative estimate of drug-likeness (QED) is 0.490. The van der Waals surface area contributed by atoms with Crippen molar-refractivity contribution in [1.29, 1.82) is 0 Å². The minimum absolute atomic E-state index is 0.550. The molecular weight excluding hydrogens is 329 g/mol. The predicted molar refractivity (Wildman–Crippen MR) is 68.5 cm³/mol. The van der Waals surface area contributed by atoms with Crippen LogP contribution in [0, 0.1) is 0 Å². The summed E-state index contributed by atoms with van der Waals surface area (Å²) >= 11 is 1.72. The molecule has 0 aliphatic heterocycles. The molecule has 0 unspecified atom stereocenters. The Morgan fingerprint density at radius 3 is 2.20 bits per heavy atom. The second-order valence-electron chi connectivity index (χ2n) is 3.29. The number of rotatable bonds is 3. The Kier molecular flexibility index (Phi) is 3.96. The van der Waals surface area contributed by atoms with Crippen LogP contribution in [0.3, 0.4) is 0 Å². The Morgan fingerprint density at radius 2 is 1.80 bits per heavy atom. The van der Waals surface area contributed by atoms with Crippen LogP contribution in [0.5, 0.6) is 0 Å². The van der Waals surface area contributed by atoms with Crippen LogP contribution in [-0.2, 0) is 9.84 Å². The molecule has 0 amide bonds.